The van der Waals surface area contributed by atoms with Crippen LogP contribution in [0.15, 0.2) is 128 Å². The van der Waals surface area contributed by atoms with E-state index in [4.69, 9.17) is 0 Å². The molecule has 6 aromatic rings. The van der Waals surface area contributed by atoms with E-state index in [1.54, 1.807) is 0 Å². The fourth-order valence-corrected chi connectivity index (χ4v) is 6.92. The summed E-state index contributed by atoms with van der Waals surface area (Å²) >= 11 is 0. The largest absolute Gasteiger partial charge is 0.381 e. The maximum atomic E-state index is 4.60. The van der Waals surface area contributed by atoms with E-state index in [1.165, 1.54) is 66.4 Å². The molecule has 0 fully saturated rings. The van der Waals surface area contributed by atoms with Gasteiger partial charge >= 0.3 is 0 Å². The van der Waals surface area contributed by atoms with E-state index in [1.807, 2.05) is 18.5 Å². The number of allylic oxidation sites excluding steroid dienone is 2. The van der Waals surface area contributed by atoms with Crippen molar-refractivity contribution in [2.45, 2.75) is 25.3 Å². The molecule has 2 aliphatic rings. The minimum absolute atomic E-state index is 0.142. The van der Waals surface area contributed by atoms with Crippen molar-refractivity contribution in [3.8, 4) is 28.1 Å². The van der Waals surface area contributed by atoms with Gasteiger partial charge in [0.25, 0.3) is 0 Å². The molecule has 3 nitrogen and oxygen atoms in total. The summed E-state index contributed by atoms with van der Waals surface area (Å²) in [4.78, 5) is 4.60. The monoisotopic (exact) mass is 515 g/mol. The SMILES string of the molecule is CC1(C)c2cnccc2-c2c(n(-c3ccc(C4C=CC=CN4)c4ccccc34)c3ccccc23)-c2ccccc21. The van der Waals surface area contributed by atoms with E-state index in [0.717, 1.165) is 0 Å². The van der Waals surface area contributed by atoms with Crippen LogP contribution in [-0.2, 0) is 5.41 Å². The van der Waals surface area contributed by atoms with E-state index < -0.39 is 0 Å². The molecule has 0 amide bonds. The first-order chi connectivity index (χ1) is 19.6. The average Bonchev–Trinajstić information content (AvgIpc) is 3.32. The molecule has 2 aromatic heterocycles. The first-order valence-electron chi connectivity index (χ1n) is 13.9. The molecule has 1 aliphatic heterocycles. The number of dihydropyridines is 1. The molecule has 0 spiro atoms. The molecular weight excluding hydrogens is 486 g/mol. The van der Waals surface area contributed by atoms with Gasteiger partial charge in [0.2, 0.25) is 0 Å². The normalized spacial score (nSPS) is 16.7. The number of hydrogen-bond acceptors (Lipinski definition) is 2. The molecule has 0 saturated carbocycles. The zero-order valence-electron chi connectivity index (χ0n) is 22.6. The Kier molecular flexibility index (Phi) is 4.93. The molecule has 192 valence electrons. The van der Waals surface area contributed by atoms with Crippen molar-refractivity contribution in [2.75, 3.05) is 0 Å². The fourth-order valence-electron chi connectivity index (χ4n) is 6.92. The zero-order chi connectivity index (χ0) is 26.8. The van der Waals surface area contributed by atoms with Crippen molar-refractivity contribution in [2.24, 2.45) is 0 Å². The van der Waals surface area contributed by atoms with Gasteiger partial charge in [0, 0.05) is 39.7 Å². The van der Waals surface area contributed by atoms with E-state index >= 15 is 0 Å². The van der Waals surface area contributed by atoms with Crippen LogP contribution >= 0.6 is 0 Å². The molecular formula is C37H29N3. The average molecular weight is 516 g/mol. The number of nitrogens with zero attached hydrogens (tertiary/aromatic N) is 2. The second-order valence-electron chi connectivity index (χ2n) is 11.3. The van der Waals surface area contributed by atoms with E-state index in [-0.39, 0.29) is 11.5 Å². The highest BCUT2D eigenvalue weighted by atomic mass is 15.0. The van der Waals surface area contributed by atoms with Crippen molar-refractivity contribution >= 4 is 21.7 Å². The molecule has 8 rings (SSSR count). The zero-order valence-corrected chi connectivity index (χ0v) is 22.6. The van der Waals surface area contributed by atoms with Gasteiger partial charge in [-0.05, 0) is 58.1 Å². The summed E-state index contributed by atoms with van der Waals surface area (Å²) in [6.07, 6.45) is 12.4. The summed E-state index contributed by atoms with van der Waals surface area (Å²) in [6, 6.07) is 33.5. The highest BCUT2D eigenvalue weighted by Crippen LogP contribution is 2.52. The van der Waals surface area contributed by atoms with E-state index in [0.29, 0.717) is 0 Å². The van der Waals surface area contributed by atoms with Crippen molar-refractivity contribution in [1.29, 1.82) is 0 Å². The Morgan fingerprint density at radius 2 is 1.50 bits per heavy atom. The molecule has 0 bridgehead atoms. The van der Waals surface area contributed by atoms with E-state index in [2.05, 4.69) is 138 Å². The van der Waals surface area contributed by atoms with Gasteiger partial charge in [-0.2, -0.15) is 0 Å². The molecule has 4 aromatic carbocycles. The molecule has 1 aliphatic carbocycles. The number of fused-ring (bicyclic) bond motifs is 8. The number of benzene rings is 4. The van der Waals surface area contributed by atoms with Crippen LogP contribution < -0.4 is 5.32 Å². The molecule has 1 unspecified atom stereocenters. The Morgan fingerprint density at radius 1 is 0.725 bits per heavy atom. The number of pyridine rings is 1. The summed E-state index contributed by atoms with van der Waals surface area (Å²) in [5, 5.41) is 7.28. The predicted molar refractivity (Wildman–Crippen MR) is 166 cm³/mol. The molecule has 0 radical (unpaired) electrons. The predicted octanol–water partition coefficient (Wildman–Crippen LogP) is 8.87. The third-order valence-electron chi connectivity index (χ3n) is 8.79. The topological polar surface area (TPSA) is 29.9 Å². The van der Waals surface area contributed by atoms with E-state index in [9.17, 15) is 0 Å². The van der Waals surface area contributed by atoms with Gasteiger partial charge < -0.3 is 9.88 Å². The first-order valence-corrected chi connectivity index (χ1v) is 13.9. The lowest BCUT2D eigenvalue weighted by atomic mass is 9.76. The quantitative estimate of drug-likeness (QED) is 0.250. The van der Waals surface area contributed by atoms with Crippen LogP contribution in [0.5, 0.6) is 0 Å². The van der Waals surface area contributed by atoms with Gasteiger partial charge in [-0.3, -0.25) is 4.98 Å². The lowest BCUT2D eigenvalue weighted by molar-refractivity contribution is 0.643. The summed E-state index contributed by atoms with van der Waals surface area (Å²) < 4.78 is 2.51. The molecule has 3 heteroatoms. The Bertz CT molecular complexity index is 2020. The maximum Gasteiger partial charge on any atom is 0.0701 e. The van der Waals surface area contributed by atoms with Crippen LogP contribution in [0.4, 0.5) is 0 Å². The number of nitrogens with one attached hydrogen (secondary N) is 1. The maximum absolute atomic E-state index is 4.60. The van der Waals surface area contributed by atoms with Gasteiger partial charge in [-0.1, -0.05) is 98.8 Å². The van der Waals surface area contributed by atoms with Crippen molar-refractivity contribution < 1.29 is 0 Å². The summed E-state index contributed by atoms with van der Waals surface area (Å²) in [6.45, 7) is 4.65. The first kappa shape index (κ1) is 23.0. The highest BCUT2D eigenvalue weighted by molar-refractivity contribution is 6.09. The van der Waals surface area contributed by atoms with Crippen LogP contribution in [0.2, 0.25) is 0 Å². The second kappa shape index (κ2) is 8.56. The Balaban J connectivity index is 1.53. The van der Waals surface area contributed by atoms with Gasteiger partial charge in [0.15, 0.2) is 0 Å². The van der Waals surface area contributed by atoms with Gasteiger partial charge in [0.1, 0.15) is 0 Å². The lowest BCUT2D eigenvalue weighted by Gasteiger charge is -2.28. The molecule has 3 heterocycles. The van der Waals surface area contributed by atoms with Gasteiger partial charge in [-0.25, -0.2) is 0 Å². The Morgan fingerprint density at radius 3 is 2.35 bits per heavy atom. The van der Waals surface area contributed by atoms with Crippen molar-refractivity contribution in [3.05, 3.63) is 145 Å². The van der Waals surface area contributed by atoms with Crippen molar-refractivity contribution in [1.82, 2.24) is 14.9 Å². The number of hydrogen-bond donors (Lipinski definition) is 1. The second-order valence-corrected chi connectivity index (χ2v) is 11.3. The van der Waals surface area contributed by atoms with Gasteiger partial charge in [-0.15, -0.1) is 0 Å². The molecule has 1 N–H and O–H groups in total. The van der Waals surface area contributed by atoms with Crippen molar-refractivity contribution in [3.63, 3.8) is 0 Å². The van der Waals surface area contributed by atoms with Crippen LogP contribution in [0.3, 0.4) is 0 Å². The summed E-state index contributed by atoms with van der Waals surface area (Å²) in [5.74, 6) is 0. The third-order valence-corrected chi connectivity index (χ3v) is 8.79. The number of para-hydroxylation sites is 1. The Hall–Kier alpha value is -4.89. The van der Waals surface area contributed by atoms with Crippen LogP contribution in [0.25, 0.3) is 49.7 Å². The lowest BCUT2D eigenvalue weighted by Crippen LogP contribution is -2.20. The number of aromatic nitrogens is 2. The van der Waals surface area contributed by atoms with Gasteiger partial charge in [0.05, 0.1) is 22.9 Å². The minimum Gasteiger partial charge on any atom is -0.381 e. The minimum atomic E-state index is -0.205. The number of rotatable bonds is 2. The molecule has 40 heavy (non-hydrogen) atoms. The molecule has 1 atom stereocenters. The molecule has 0 saturated heterocycles. The smallest absolute Gasteiger partial charge is 0.0701 e. The summed E-state index contributed by atoms with van der Waals surface area (Å²) in [5.41, 5.74) is 11.1. The van der Waals surface area contributed by atoms with Crippen LogP contribution in [0.1, 0.15) is 36.6 Å². The summed E-state index contributed by atoms with van der Waals surface area (Å²) in [7, 11) is 0. The fraction of sp³-hybridized carbons (Fsp3) is 0.108. The highest BCUT2D eigenvalue weighted by Gasteiger charge is 2.36. The van der Waals surface area contributed by atoms with Crippen LogP contribution in [-0.4, -0.2) is 9.55 Å². The third kappa shape index (κ3) is 3.15. The van der Waals surface area contributed by atoms with Crippen LogP contribution in [0, 0.1) is 0 Å². The standard InChI is InChI=1S/C37H29N3/c1-37(2)30-15-7-5-13-28(30)36-35(27-20-22-38-23-31(27)37)29-14-6-8-17-33(29)40(36)34-19-18-25(32-16-9-10-21-39-32)24-11-3-4-12-26(24)34/h3-23,32,39H,1-2H3. The Labute approximate surface area is 234 Å².